The predicted octanol–water partition coefficient (Wildman–Crippen LogP) is 1.66. The maximum Gasteiger partial charge on any atom is 0.273 e. The number of nitrogens with one attached hydrogen (secondary N) is 1. The summed E-state index contributed by atoms with van der Waals surface area (Å²) in [5.41, 5.74) is 0.919. The van der Waals surface area contributed by atoms with Crippen molar-refractivity contribution in [2.24, 2.45) is 5.92 Å². The van der Waals surface area contributed by atoms with Gasteiger partial charge in [0.25, 0.3) is 11.8 Å². The average Bonchev–Trinajstić information content (AvgIpc) is 3.07. The van der Waals surface area contributed by atoms with Crippen LogP contribution >= 0.6 is 0 Å². The number of hydrogen-bond acceptors (Lipinski definition) is 5. The Morgan fingerprint density at radius 1 is 1.38 bits per heavy atom. The molecule has 3 rings (SSSR count). The summed E-state index contributed by atoms with van der Waals surface area (Å²) in [4.78, 5) is 30.1. The Bertz CT molecular complexity index is 706. The maximum absolute atomic E-state index is 12.4. The van der Waals surface area contributed by atoms with Gasteiger partial charge in [0.05, 0.1) is 5.56 Å². The van der Waals surface area contributed by atoms with Gasteiger partial charge in [-0.25, -0.2) is 0 Å². The van der Waals surface area contributed by atoms with Crippen LogP contribution in [-0.4, -0.2) is 46.5 Å². The lowest BCUT2D eigenvalue weighted by molar-refractivity contribution is 0.0683. The summed E-state index contributed by atoms with van der Waals surface area (Å²) >= 11 is 0. The minimum absolute atomic E-state index is 0.0173. The van der Waals surface area contributed by atoms with Crippen LogP contribution < -0.4 is 5.32 Å². The maximum atomic E-state index is 12.4. The van der Waals surface area contributed by atoms with E-state index in [2.05, 4.69) is 15.5 Å². The van der Waals surface area contributed by atoms with Crippen molar-refractivity contribution in [2.45, 2.75) is 19.8 Å². The Morgan fingerprint density at radius 3 is 2.79 bits per heavy atom. The second-order valence-corrected chi connectivity index (χ2v) is 6.01. The minimum Gasteiger partial charge on any atom is -0.361 e. The van der Waals surface area contributed by atoms with E-state index in [-0.39, 0.29) is 11.8 Å². The van der Waals surface area contributed by atoms with Crippen LogP contribution in [0.3, 0.4) is 0 Å². The van der Waals surface area contributed by atoms with Gasteiger partial charge in [-0.2, -0.15) is 0 Å². The van der Waals surface area contributed by atoms with Crippen molar-refractivity contribution in [3.05, 3.63) is 47.6 Å². The third-order valence-corrected chi connectivity index (χ3v) is 4.22. The Labute approximate surface area is 140 Å². The SMILES string of the molecule is Cc1cc(C(=O)NCC2CCN(C(=O)c3cccnc3)CC2)no1. The molecule has 0 aromatic carbocycles. The molecule has 1 aliphatic heterocycles. The molecule has 2 aromatic rings. The third-order valence-electron chi connectivity index (χ3n) is 4.22. The summed E-state index contributed by atoms with van der Waals surface area (Å²) in [5, 5.41) is 6.59. The fourth-order valence-corrected chi connectivity index (χ4v) is 2.81. The molecule has 0 aliphatic carbocycles. The number of rotatable bonds is 4. The van der Waals surface area contributed by atoms with E-state index in [0.717, 1.165) is 12.8 Å². The zero-order valence-corrected chi connectivity index (χ0v) is 13.6. The van der Waals surface area contributed by atoms with Gasteiger partial charge in [0, 0.05) is 38.1 Å². The second-order valence-electron chi connectivity index (χ2n) is 6.01. The topological polar surface area (TPSA) is 88.3 Å². The molecule has 0 saturated carbocycles. The molecule has 3 heterocycles. The van der Waals surface area contributed by atoms with Gasteiger partial charge in [-0.1, -0.05) is 5.16 Å². The van der Waals surface area contributed by atoms with Crippen LogP contribution in [-0.2, 0) is 0 Å². The van der Waals surface area contributed by atoms with E-state index in [4.69, 9.17) is 4.52 Å². The van der Waals surface area contributed by atoms with E-state index in [1.807, 2.05) is 4.90 Å². The van der Waals surface area contributed by atoms with Crippen LogP contribution in [0.4, 0.5) is 0 Å². The highest BCUT2D eigenvalue weighted by atomic mass is 16.5. The number of amides is 2. The van der Waals surface area contributed by atoms with Crippen LogP contribution in [0.1, 0.15) is 39.4 Å². The van der Waals surface area contributed by atoms with Crippen molar-refractivity contribution < 1.29 is 14.1 Å². The summed E-state index contributed by atoms with van der Waals surface area (Å²) in [7, 11) is 0. The van der Waals surface area contributed by atoms with Gasteiger partial charge < -0.3 is 14.7 Å². The molecule has 0 atom stereocenters. The smallest absolute Gasteiger partial charge is 0.273 e. The van der Waals surface area contributed by atoms with Crippen molar-refractivity contribution in [1.82, 2.24) is 20.4 Å². The van der Waals surface area contributed by atoms with Crippen molar-refractivity contribution >= 4 is 11.8 Å². The van der Waals surface area contributed by atoms with Gasteiger partial charge in [0.2, 0.25) is 0 Å². The van der Waals surface area contributed by atoms with Gasteiger partial charge in [0.1, 0.15) is 5.76 Å². The Kier molecular flexibility index (Phi) is 4.88. The summed E-state index contributed by atoms with van der Waals surface area (Å²) in [6.45, 7) is 3.72. The van der Waals surface area contributed by atoms with Gasteiger partial charge in [0.15, 0.2) is 5.69 Å². The van der Waals surface area contributed by atoms with Crippen LogP contribution in [0.15, 0.2) is 35.1 Å². The van der Waals surface area contributed by atoms with Crippen LogP contribution in [0.25, 0.3) is 0 Å². The molecule has 2 amide bonds. The quantitative estimate of drug-likeness (QED) is 0.922. The summed E-state index contributed by atoms with van der Waals surface area (Å²) in [6, 6.07) is 5.16. The first kappa shape index (κ1) is 16.2. The van der Waals surface area contributed by atoms with Crippen molar-refractivity contribution in [1.29, 1.82) is 0 Å². The average molecular weight is 328 g/mol. The molecule has 2 aromatic heterocycles. The van der Waals surface area contributed by atoms with Gasteiger partial charge in [-0.05, 0) is 37.8 Å². The molecule has 0 spiro atoms. The lowest BCUT2D eigenvalue weighted by atomic mass is 9.96. The fraction of sp³-hybridized carbons (Fsp3) is 0.412. The first-order chi connectivity index (χ1) is 11.6. The van der Waals surface area contributed by atoms with Gasteiger partial charge >= 0.3 is 0 Å². The molecule has 126 valence electrons. The van der Waals surface area contributed by atoms with E-state index in [0.29, 0.717) is 42.6 Å². The molecule has 0 radical (unpaired) electrons. The van der Waals surface area contributed by atoms with E-state index in [9.17, 15) is 9.59 Å². The highest BCUT2D eigenvalue weighted by Gasteiger charge is 2.24. The number of hydrogen-bond donors (Lipinski definition) is 1. The summed E-state index contributed by atoms with van der Waals surface area (Å²) < 4.78 is 4.90. The zero-order valence-electron chi connectivity index (χ0n) is 13.6. The number of carbonyl (C=O) groups is 2. The number of pyridine rings is 1. The lowest BCUT2D eigenvalue weighted by Crippen LogP contribution is -2.41. The first-order valence-corrected chi connectivity index (χ1v) is 8.04. The summed E-state index contributed by atoms with van der Waals surface area (Å²) in [6.07, 6.45) is 4.98. The van der Waals surface area contributed by atoms with E-state index in [1.54, 1.807) is 37.5 Å². The lowest BCUT2D eigenvalue weighted by Gasteiger charge is -2.32. The van der Waals surface area contributed by atoms with E-state index in [1.165, 1.54) is 0 Å². The Hall–Kier alpha value is -2.70. The van der Waals surface area contributed by atoms with E-state index >= 15 is 0 Å². The van der Waals surface area contributed by atoms with Crippen LogP contribution in [0, 0.1) is 12.8 Å². The largest absolute Gasteiger partial charge is 0.361 e. The zero-order chi connectivity index (χ0) is 16.9. The normalized spacial score (nSPS) is 15.3. The first-order valence-electron chi connectivity index (χ1n) is 8.04. The summed E-state index contributed by atoms with van der Waals surface area (Å²) in [5.74, 6) is 0.770. The van der Waals surface area contributed by atoms with Crippen molar-refractivity contribution in [2.75, 3.05) is 19.6 Å². The number of piperidine rings is 1. The highest BCUT2D eigenvalue weighted by molar-refractivity contribution is 5.94. The second kappa shape index (κ2) is 7.25. The molecular weight excluding hydrogens is 308 g/mol. The molecule has 7 nitrogen and oxygen atoms in total. The number of nitrogens with zero attached hydrogens (tertiary/aromatic N) is 3. The molecule has 1 aliphatic rings. The third kappa shape index (κ3) is 3.79. The molecule has 0 bridgehead atoms. The number of aryl methyl sites for hydroxylation is 1. The van der Waals surface area contributed by atoms with Crippen LogP contribution in [0.5, 0.6) is 0 Å². The monoisotopic (exact) mass is 328 g/mol. The van der Waals surface area contributed by atoms with Crippen molar-refractivity contribution in [3.8, 4) is 0 Å². The predicted molar refractivity (Wildman–Crippen MR) is 86.4 cm³/mol. The highest BCUT2D eigenvalue weighted by Crippen LogP contribution is 2.18. The van der Waals surface area contributed by atoms with Gasteiger partial charge in [-0.15, -0.1) is 0 Å². The van der Waals surface area contributed by atoms with Gasteiger partial charge in [-0.3, -0.25) is 14.6 Å². The molecule has 0 unspecified atom stereocenters. The van der Waals surface area contributed by atoms with Crippen molar-refractivity contribution in [3.63, 3.8) is 0 Å². The number of aromatic nitrogens is 2. The van der Waals surface area contributed by atoms with E-state index < -0.39 is 0 Å². The molecule has 1 saturated heterocycles. The Balaban J connectivity index is 1.45. The standard InChI is InChI=1S/C17H20N4O3/c1-12-9-15(20-24-12)16(22)19-10-13-4-7-21(8-5-13)17(23)14-3-2-6-18-11-14/h2-3,6,9,11,13H,4-5,7-8,10H2,1H3,(H,19,22). The minimum atomic E-state index is -0.222. The molecule has 1 N–H and O–H groups in total. The molecule has 7 heteroatoms. The molecule has 1 fully saturated rings. The fourth-order valence-electron chi connectivity index (χ4n) is 2.81. The number of likely N-dealkylation sites (tertiary alicyclic amines) is 1. The Morgan fingerprint density at radius 2 is 2.17 bits per heavy atom. The molecule has 24 heavy (non-hydrogen) atoms. The number of carbonyl (C=O) groups excluding carboxylic acids is 2. The molecular formula is C17H20N4O3. The van der Waals surface area contributed by atoms with Crippen LogP contribution in [0.2, 0.25) is 0 Å².